The summed E-state index contributed by atoms with van der Waals surface area (Å²) in [7, 11) is 2.68. The highest BCUT2D eigenvalue weighted by Crippen LogP contribution is 2.29. The van der Waals surface area contributed by atoms with Gasteiger partial charge in [-0.15, -0.1) is 9.24 Å². The summed E-state index contributed by atoms with van der Waals surface area (Å²) < 4.78 is 0. The number of Topliss-reactive ketones (excluding diaryl/α,β-unsaturated/α-hetero) is 1. The summed E-state index contributed by atoms with van der Waals surface area (Å²) in [5, 5.41) is 0.922. The average molecular weight is 277 g/mol. The van der Waals surface area contributed by atoms with Crippen LogP contribution in [-0.4, -0.2) is 11.4 Å². The number of ketones is 1. The fourth-order valence-corrected chi connectivity index (χ4v) is 2.14. The van der Waals surface area contributed by atoms with Crippen LogP contribution in [0.1, 0.15) is 35.7 Å². The van der Waals surface area contributed by atoms with Crippen LogP contribution in [0.15, 0.2) is 12.1 Å². The van der Waals surface area contributed by atoms with Crippen LogP contribution in [0, 0.1) is 6.92 Å². The smallest absolute Gasteiger partial charge is 0.165 e. The lowest BCUT2D eigenvalue weighted by molar-refractivity contribution is 0.0980. The van der Waals surface area contributed by atoms with Gasteiger partial charge in [0.1, 0.15) is 0 Å². The highest BCUT2D eigenvalue weighted by Gasteiger charge is 2.16. The fraction of sp³-hybridized carbons (Fsp3) is 0.417. The van der Waals surface area contributed by atoms with Gasteiger partial charge in [0, 0.05) is 6.42 Å². The van der Waals surface area contributed by atoms with Crippen LogP contribution in [0.4, 0.5) is 0 Å². The minimum absolute atomic E-state index is 0.0213. The van der Waals surface area contributed by atoms with Gasteiger partial charge < -0.3 is 0 Å². The van der Waals surface area contributed by atoms with Crippen molar-refractivity contribution in [2.24, 2.45) is 0 Å². The molecule has 0 saturated carbocycles. The number of halogens is 2. The predicted octanol–water partition coefficient (Wildman–Crippen LogP) is 4.53. The summed E-state index contributed by atoms with van der Waals surface area (Å²) in [6, 6.07) is 3.54. The Morgan fingerprint density at radius 2 is 2.06 bits per heavy atom. The number of carbonyl (C=O) groups excluding carboxylic acids is 1. The maximum atomic E-state index is 12.0. The molecule has 0 radical (unpaired) electrons. The highest BCUT2D eigenvalue weighted by atomic mass is 35.5. The summed E-state index contributed by atoms with van der Waals surface area (Å²) in [6.45, 7) is 3.92. The first kappa shape index (κ1) is 14.0. The molecular formula is C12H15Cl2OP. The van der Waals surface area contributed by atoms with E-state index in [1.54, 1.807) is 6.07 Å². The first-order valence-electron chi connectivity index (χ1n) is 5.17. The minimum atomic E-state index is 0.0213. The molecule has 0 saturated heterocycles. The summed E-state index contributed by atoms with van der Waals surface area (Å²) in [5.74, 6) is 0.0213. The van der Waals surface area contributed by atoms with E-state index >= 15 is 0 Å². The van der Waals surface area contributed by atoms with Crippen LogP contribution in [0.25, 0.3) is 0 Å². The van der Waals surface area contributed by atoms with Crippen molar-refractivity contribution in [1.29, 1.82) is 0 Å². The number of carbonyl (C=O) groups is 1. The second-order valence-corrected chi connectivity index (χ2v) is 5.92. The standard InChI is InChI=1S/C12H15Cl2OP/c1-7-3-5-9(13)11(12(7)14)10(15)6-4-8(2)16/h3,5,8H,4,6,16H2,1-2H3. The third-order valence-electron chi connectivity index (χ3n) is 2.39. The van der Waals surface area contributed by atoms with E-state index in [2.05, 4.69) is 16.2 Å². The Morgan fingerprint density at radius 3 is 2.62 bits per heavy atom. The topological polar surface area (TPSA) is 17.1 Å². The second-order valence-electron chi connectivity index (χ2n) is 3.99. The van der Waals surface area contributed by atoms with Gasteiger partial charge in [-0.05, 0) is 30.6 Å². The molecule has 0 N–H and O–H groups in total. The molecule has 0 aliphatic carbocycles. The van der Waals surface area contributed by atoms with Crippen molar-refractivity contribution in [2.75, 3.05) is 0 Å². The van der Waals surface area contributed by atoms with Gasteiger partial charge in [-0.1, -0.05) is 36.2 Å². The third kappa shape index (κ3) is 3.45. The van der Waals surface area contributed by atoms with Crippen molar-refractivity contribution >= 4 is 38.2 Å². The maximum absolute atomic E-state index is 12.0. The normalized spacial score (nSPS) is 12.6. The quantitative estimate of drug-likeness (QED) is 0.583. The number of aryl methyl sites for hydroxylation is 1. The summed E-state index contributed by atoms with van der Waals surface area (Å²) in [4.78, 5) is 12.0. The molecule has 88 valence electrons. The van der Waals surface area contributed by atoms with Crippen LogP contribution < -0.4 is 0 Å². The molecule has 1 rings (SSSR count). The lowest BCUT2D eigenvalue weighted by Gasteiger charge is -2.09. The minimum Gasteiger partial charge on any atom is -0.294 e. The molecule has 0 aliphatic rings. The van der Waals surface area contributed by atoms with E-state index in [0.717, 1.165) is 12.0 Å². The van der Waals surface area contributed by atoms with Gasteiger partial charge in [-0.3, -0.25) is 4.79 Å². The second kappa shape index (κ2) is 6.00. The van der Waals surface area contributed by atoms with Crippen molar-refractivity contribution in [3.8, 4) is 0 Å². The van der Waals surface area contributed by atoms with E-state index in [0.29, 0.717) is 27.7 Å². The van der Waals surface area contributed by atoms with Gasteiger partial charge in [-0.2, -0.15) is 0 Å². The molecule has 2 atom stereocenters. The Morgan fingerprint density at radius 1 is 1.44 bits per heavy atom. The molecule has 1 nitrogen and oxygen atoms in total. The molecule has 16 heavy (non-hydrogen) atoms. The largest absolute Gasteiger partial charge is 0.294 e. The van der Waals surface area contributed by atoms with E-state index in [4.69, 9.17) is 23.2 Å². The Labute approximate surface area is 109 Å². The molecule has 1 aromatic rings. The molecule has 0 spiro atoms. The van der Waals surface area contributed by atoms with Crippen LogP contribution in [0.5, 0.6) is 0 Å². The molecule has 0 aliphatic heterocycles. The Hall–Kier alpha value is -0.100. The first-order valence-corrected chi connectivity index (χ1v) is 6.59. The lowest BCUT2D eigenvalue weighted by atomic mass is 10.0. The summed E-state index contributed by atoms with van der Waals surface area (Å²) >= 11 is 12.1. The monoisotopic (exact) mass is 276 g/mol. The Bertz CT molecular complexity index is 402. The van der Waals surface area contributed by atoms with Gasteiger partial charge in [0.05, 0.1) is 15.6 Å². The van der Waals surface area contributed by atoms with Crippen molar-refractivity contribution in [3.05, 3.63) is 33.3 Å². The van der Waals surface area contributed by atoms with Gasteiger partial charge in [0.2, 0.25) is 0 Å². The van der Waals surface area contributed by atoms with Crippen molar-refractivity contribution < 1.29 is 4.79 Å². The van der Waals surface area contributed by atoms with Gasteiger partial charge in [0.15, 0.2) is 5.78 Å². The number of benzene rings is 1. The fourth-order valence-electron chi connectivity index (χ4n) is 1.40. The van der Waals surface area contributed by atoms with Crippen LogP contribution in [0.2, 0.25) is 10.0 Å². The van der Waals surface area contributed by atoms with Crippen molar-refractivity contribution in [3.63, 3.8) is 0 Å². The number of hydrogen-bond acceptors (Lipinski definition) is 1. The zero-order valence-electron chi connectivity index (χ0n) is 9.39. The molecule has 0 bridgehead atoms. The highest BCUT2D eigenvalue weighted by molar-refractivity contribution is 7.17. The van der Waals surface area contributed by atoms with Crippen molar-refractivity contribution in [2.45, 2.75) is 32.3 Å². The molecule has 1 aromatic carbocycles. The first-order chi connectivity index (χ1) is 7.43. The van der Waals surface area contributed by atoms with Gasteiger partial charge in [0.25, 0.3) is 0 Å². The van der Waals surface area contributed by atoms with E-state index in [1.807, 2.05) is 13.0 Å². The van der Waals surface area contributed by atoms with Gasteiger partial charge >= 0.3 is 0 Å². The van der Waals surface area contributed by atoms with E-state index < -0.39 is 0 Å². The Kier molecular flexibility index (Phi) is 5.24. The molecule has 0 aromatic heterocycles. The molecule has 0 fully saturated rings. The van der Waals surface area contributed by atoms with Crippen molar-refractivity contribution in [1.82, 2.24) is 0 Å². The molecule has 2 unspecified atom stereocenters. The SMILES string of the molecule is Cc1ccc(Cl)c(C(=O)CCC(C)P)c1Cl. The van der Waals surface area contributed by atoms with Crippen LogP contribution >= 0.6 is 32.4 Å². The summed E-state index contributed by atoms with van der Waals surface area (Å²) in [6.07, 6.45) is 1.30. The van der Waals surface area contributed by atoms with E-state index in [9.17, 15) is 4.79 Å². The third-order valence-corrected chi connectivity index (χ3v) is 3.53. The molecular weight excluding hydrogens is 262 g/mol. The van der Waals surface area contributed by atoms with E-state index in [1.165, 1.54) is 0 Å². The zero-order chi connectivity index (χ0) is 12.3. The molecule has 0 amide bonds. The van der Waals surface area contributed by atoms with Gasteiger partial charge in [-0.25, -0.2) is 0 Å². The zero-order valence-corrected chi connectivity index (χ0v) is 12.1. The average Bonchev–Trinajstić information content (AvgIpc) is 2.21. The Balaban J connectivity index is 2.95. The van der Waals surface area contributed by atoms with E-state index in [-0.39, 0.29) is 5.78 Å². The van der Waals surface area contributed by atoms with Crippen LogP contribution in [-0.2, 0) is 0 Å². The molecule has 4 heteroatoms. The lowest BCUT2D eigenvalue weighted by Crippen LogP contribution is -2.04. The predicted molar refractivity (Wildman–Crippen MR) is 73.9 cm³/mol. The number of hydrogen-bond donors (Lipinski definition) is 0. The maximum Gasteiger partial charge on any atom is 0.165 e. The van der Waals surface area contributed by atoms with Crippen LogP contribution in [0.3, 0.4) is 0 Å². The molecule has 0 heterocycles. The number of rotatable bonds is 4. The summed E-state index contributed by atoms with van der Waals surface area (Å²) in [5.41, 5.74) is 1.77.